The average Bonchev–Trinajstić information content (AvgIpc) is 2.25. The van der Waals surface area contributed by atoms with Crippen LogP contribution in [0.4, 0.5) is 13.2 Å². The van der Waals surface area contributed by atoms with Gasteiger partial charge in [-0.05, 0) is 19.3 Å². The number of halogens is 3. The maximum Gasteiger partial charge on any atom is 0.406 e. The fourth-order valence-electron chi connectivity index (χ4n) is 1.70. The number of hydrogen-bond acceptors (Lipinski definition) is 2. The monoisotopic (exact) mass is 254 g/mol. The molecule has 0 aromatic carbocycles. The second-order valence-corrected chi connectivity index (χ2v) is 4.07. The summed E-state index contributed by atoms with van der Waals surface area (Å²) in [7, 11) is 0. The molecular weight excluding hydrogens is 233 g/mol. The Bertz CT molecular complexity index is 239. The Labute approximate surface area is 100 Å². The van der Waals surface area contributed by atoms with Crippen molar-refractivity contribution in [1.29, 1.82) is 0 Å². The van der Waals surface area contributed by atoms with Gasteiger partial charge in [0, 0.05) is 6.04 Å². The van der Waals surface area contributed by atoms with Crippen molar-refractivity contribution in [2.75, 3.05) is 6.54 Å². The Morgan fingerprint density at radius 1 is 1.18 bits per heavy atom. The van der Waals surface area contributed by atoms with Crippen LogP contribution in [0.2, 0.25) is 0 Å². The highest BCUT2D eigenvalue weighted by molar-refractivity contribution is 5.81. The molecule has 0 fully saturated rings. The van der Waals surface area contributed by atoms with Gasteiger partial charge in [-0.3, -0.25) is 4.79 Å². The topological polar surface area (TPSA) is 46.3 Å². The highest BCUT2D eigenvalue weighted by Crippen LogP contribution is 2.21. The minimum atomic E-state index is -4.38. The largest absolute Gasteiger partial charge is 0.406 e. The minimum Gasteiger partial charge on any atom is -0.329 e. The molecule has 0 aliphatic carbocycles. The molecule has 3 nitrogen and oxygen atoms in total. The summed E-state index contributed by atoms with van der Waals surface area (Å²) in [6, 6.07) is -1.25. The van der Waals surface area contributed by atoms with Gasteiger partial charge in [0.15, 0.2) is 0 Å². The molecule has 0 aliphatic rings. The number of nitrogens with zero attached hydrogens (tertiary/aromatic N) is 1. The molecule has 0 unspecified atom stereocenters. The molecule has 0 heterocycles. The minimum absolute atomic E-state index is 0.341. The average molecular weight is 254 g/mol. The molecular formula is C11H21F3N2O. The Morgan fingerprint density at radius 3 is 1.94 bits per heavy atom. The fraction of sp³-hybridized carbons (Fsp3) is 0.909. The number of amides is 1. The summed E-state index contributed by atoms with van der Waals surface area (Å²) >= 11 is 0. The highest BCUT2D eigenvalue weighted by atomic mass is 19.4. The van der Waals surface area contributed by atoms with Gasteiger partial charge < -0.3 is 10.6 Å². The van der Waals surface area contributed by atoms with Gasteiger partial charge >= 0.3 is 6.18 Å². The lowest BCUT2D eigenvalue weighted by atomic mass is 10.1. The molecule has 0 aromatic rings. The summed E-state index contributed by atoms with van der Waals surface area (Å²) in [6.45, 7) is 4.00. The van der Waals surface area contributed by atoms with E-state index in [4.69, 9.17) is 5.73 Å². The number of nitrogens with two attached hydrogens (primary N) is 1. The molecule has 0 radical (unpaired) electrons. The summed E-state index contributed by atoms with van der Waals surface area (Å²) in [4.78, 5) is 12.7. The molecule has 1 amide bonds. The fourth-order valence-corrected chi connectivity index (χ4v) is 1.70. The van der Waals surface area contributed by atoms with Crippen LogP contribution in [0.25, 0.3) is 0 Å². The van der Waals surface area contributed by atoms with Gasteiger partial charge in [-0.1, -0.05) is 20.8 Å². The van der Waals surface area contributed by atoms with E-state index in [1.165, 1.54) is 0 Å². The maximum atomic E-state index is 12.4. The first-order valence-electron chi connectivity index (χ1n) is 5.89. The first-order chi connectivity index (χ1) is 7.76. The molecule has 0 spiro atoms. The van der Waals surface area contributed by atoms with Crippen molar-refractivity contribution >= 4 is 5.91 Å². The molecule has 2 N–H and O–H groups in total. The maximum absolute atomic E-state index is 12.4. The van der Waals surface area contributed by atoms with Crippen LogP contribution in [0.3, 0.4) is 0 Å². The van der Waals surface area contributed by atoms with Gasteiger partial charge in [0.2, 0.25) is 5.91 Å². The first kappa shape index (κ1) is 16.2. The third-order valence-electron chi connectivity index (χ3n) is 2.77. The van der Waals surface area contributed by atoms with Crippen molar-refractivity contribution < 1.29 is 18.0 Å². The molecule has 0 aromatic heterocycles. The van der Waals surface area contributed by atoms with Crippen LogP contribution in [0, 0.1) is 0 Å². The van der Waals surface area contributed by atoms with Crippen molar-refractivity contribution in [3.05, 3.63) is 0 Å². The SMILES string of the molecule is CCC(CC)N(CC(F)(F)F)C(=O)[C@H](N)CC. The van der Waals surface area contributed by atoms with Crippen LogP contribution in [-0.4, -0.2) is 35.6 Å². The van der Waals surface area contributed by atoms with Gasteiger partial charge in [-0.2, -0.15) is 13.2 Å². The third kappa shape index (κ3) is 5.39. The van der Waals surface area contributed by atoms with Gasteiger partial charge in [0.05, 0.1) is 6.04 Å². The Morgan fingerprint density at radius 2 is 1.65 bits per heavy atom. The van der Waals surface area contributed by atoms with Gasteiger partial charge in [0.25, 0.3) is 0 Å². The number of hydrogen-bond donors (Lipinski definition) is 1. The van der Waals surface area contributed by atoms with Crippen molar-refractivity contribution in [1.82, 2.24) is 4.90 Å². The lowest BCUT2D eigenvalue weighted by molar-refractivity contribution is -0.167. The molecule has 0 saturated carbocycles. The Kier molecular flexibility index (Phi) is 6.52. The lowest BCUT2D eigenvalue weighted by Gasteiger charge is -2.33. The zero-order chi connectivity index (χ0) is 13.6. The smallest absolute Gasteiger partial charge is 0.329 e. The molecule has 102 valence electrons. The van der Waals surface area contributed by atoms with E-state index in [1.807, 2.05) is 0 Å². The number of carbonyl (C=O) groups excluding carboxylic acids is 1. The number of alkyl halides is 3. The predicted octanol–water partition coefficient (Wildman–Crippen LogP) is 2.30. The highest BCUT2D eigenvalue weighted by Gasteiger charge is 2.36. The summed E-state index contributed by atoms with van der Waals surface area (Å²) in [5.41, 5.74) is 5.52. The lowest BCUT2D eigenvalue weighted by Crippen LogP contribution is -2.51. The van der Waals surface area contributed by atoms with Gasteiger partial charge in [-0.25, -0.2) is 0 Å². The van der Waals surface area contributed by atoms with Crippen LogP contribution in [0.15, 0.2) is 0 Å². The number of rotatable bonds is 6. The van der Waals surface area contributed by atoms with Crippen molar-refractivity contribution in [3.8, 4) is 0 Å². The molecule has 0 bridgehead atoms. The molecule has 17 heavy (non-hydrogen) atoms. The normalized spacial score (nSPS) is 13.9. The van der Waals surface area contributed by atoms with Crippen LogP contribution in [0.1, 0.15) is 40.0 Å². The van der Waals surface area contributed by atoms with Crippen molar-refractivity contribution in [2.45, 2.75) is 58.3 Å². The number of carbonyl (C=O) groups is 1. The van der Waals surface area contributed by atoms with Crippen molar-refractivity contribution in [2.24, 2.45) is 5.73 Å². The van der Waals surface area contributed by atoms with Crippen molar-refractivity contribution in [3.63, 3.8) is 0 Å². The van der Waals surface area contributed by atoms with Gasteiger partial charge in [-0.15, -0.1) is 0 Å². The van der Waals surface area contributed by atoms with E-state index in [2.05, 4.69) is 0 Å². The summed E-state index contributed by atoms with van der Waals surface area (Å²) in [5.74, 6) is -0.612. The molecule has 0 saturated heterocycles. The zero-order valence-electron chi connectivity index (χ0n) is 10.5. The Hall–Kier alpha value is -0.780. The zero-order valence-corrected chi connectivity index (χ0v) is 10.5. The van der Waals surface area contributed by atoms with E-state index < -0.39 is 30.7 Å². The molecule has 6 heteroatoms. The van der Waals surface area contributed by atoms with E-state index in [9.17, 15) is 18.0 Å². The predicted molar refractivity (Wildman–Crippen MR) is 60.4 cm³/mol. The Balaban J connectivity index is 4.90. The molecule has 0 aliphatic heterocycles. The van der Waals surface area contributed by atoms with E-state index in [1.54, 1.807) is 20.8 Å². The summed E-state index contributed by atoms with van der Waals surface area (Å²) in [5, 5.41) is 0. The summed E-state index contributed by atoms with van der Waals surface area (Å²) < 4.78 is 37.3. The standard InChI is InChI=1S/C11H21F3N2O/c1-4-8(5-2)16(7-11(12,13)14)10(17)9(15)6-3/h8-9H,4-7,15H2,1-3H3/t9-/m1/s1. The van der Waals surface area contributed by atoms with E-state index in [0.717, 1.165) is 4.90 Å². The molecule has 0 rings (SSSR count). The van der Waals surface area contributed by atoms with Crippen LogP contribution in [0.5, 0.6) is 0 Å². The van der Waals surface area contributed by atoms with Crippen LogP contribution >= 0.6 is 0 Å². The second kappa shape index (κ2) is 6.83. The quantitative estimate of drug-likeness (QED) is 0.790. The second-order valence-electron chi connectivity index (χ2n) is 4.07. The summed E-state index contributed by atoms with van der Waals surface area (Å²) in [6.07, 6.45) is -3.05. The van der Waals surface area contributed by atoms with E-state index >= 15 is 0 Å². The van der Waals surface area contributed by atoms with E-state index in [-0.39, 0.29) is 0 Å². The molecule has 1 atom stereocenters. The van der Waals surface area contributed by atoms with E-state index in [0.29, 0.717) is 19.3 Å². The van der Waals surface area contributed by atoms with Crippen LogP contribution in [-0.2, 0) is 4.79 Å². The van der Waals surface area contributed by atoms with Gasteiger partial charge in [0.1, 0.15) is 6.54 Å². The van der Waals surface area contributed by atoms with Crippen LogP contribution < -0.4 is 5.73 Å². The third-order valence-corrected chi connectivity index (χ3v) is 2.77. The first-order valence-corrected chi connectivity index (χ1v) is 5.89.